The number of benzene rings is 1. The molecule has 1 saturated carbocycles. The van der Waals surface area contributed by atoms with Gasteiger partial charge in [0.1, 0.15) is 6.10 Å². The molecule has 0 amide bonds. The van der Waals surface area contributed by atoms with E-state index in [2.05, 4.69) is 19.2 Å². The third kappa shape index (κ3) is 4.33. The number of ether oxygens (including phenoxy) is 1. The molecule has 7 nitrogen and oxygen atoms in total. The molecule has 1 aromatic rings. The molecule has 0 spiro atoms. The molecule has 4 rings (SSSR count). The lowest BCUT2D eigenvalue weighted by Gasteiger charge is -2.39. The largest absolute Gasteiger partial charge is 0.459 e. The number of nitrogens with zero attached hydrogens (tertiary/aromatic N) is 1. The van der Waals surface area contributed by atoms with E-state index in [1.54, 1.807) is 12.1 Å². The van der Waals surface area contributed by atoms with Gasteiger partial charge in [-0.25, -0.2) is 4.79 Å². The molecule has 170 valence electrons. The zero-order valence-corrected chi connectivity index (χ0v) is 18.9. The first-order valence-electron chi connectivity index (χ1n) is 11.4. The van der Waals surface area contributed by atoms with E-state index < -0.39 is 16.8 Å². The Hall–Kier alpha value is -2.96. The number of rotatable bonds is 4. The summed E-state index contributed by atoms with van der Waals surface area (Å²) in [4.78, 5) is 37.3. The predicted molar refractivity (Wildman–Crippen MR) is 120 cm³/mol. The van der Waals surface area contributed by atoms with Crippen LogP contribution in [0.1, 0.15) is 77.2 Å². The van der Waals surface area contributed by atoms with E-state index in [-0.39, 0.29) is 23.0 Å². The quantitative estimate of drug-likeness (QED) is 0.400. The fraction of sp³-hybridized carbons (Fsp3) is 0.520. The molecule has 7 heteroatoms. The molecule has 0 radical (unpaired) electrons. The smallest absolute Gasteiger partial charge is 0.337 e. The van der Waals surface area contributed by atoms with E-state index in [0.29, 0.717) is 35.2 Å². The molecule has 1 aliphatic heterocycles. The summed E-state index contributed by atoms with van der Waals surface area (Å²) in [7, 11) is 0. The van der Waals surface area contributed by atoms with Crippen molar-refractivity contribution in [3.05, 3.63) is 62.5 Å². The number of nitrogens with one attached hydrogen (secondary N) is 1. The SMILES string of the molecule is CC1=C(C(=O)OC2CCCCC2)C(c2ccc([N+](=O)[O-])cc2)C2=C(CC(C)(C)CC2=O)N1. The summed E-state index contributed by atoms with van der Waals surface area (Å²) < 4.78 is 5.89. The Bertz CT molecular complexity index is 1010. The first-order chi connectivity index (χ1) is 15.2. The monoisotopic (exact) mass is 438 g/mol. The second kappa shape index (κ2) is 8.52. The number of Topliss-reactive ketones (excluding diaryl/α,β-unsaturated/α-hetero) is 1. The summed E-state index contributed by atoms with van der Waals surface area (Å²) in [6.07, 6.45) is 5.93. The fourth-order valence-corrected chi connectivity index (χ4v) is 5.23. The van der Waals surface area contributed by atoms with Crippen LogP contribution in [0.15, 0.2) is 46.8 Å². The number of nitro groups is 1. The Morgan fingerprint density at radius 2 is 1.78 bits per heavy atom. The second-order valence-electron chi connectivity index (χ2n) is 9.94. The third-order valence-electron chi connectivity index (χ3n) is 6.72. The Morgan fingerprint density at radius 1 is 1.12 bits per heavy atom. The van der Waals surface area contributed by atoms with Gasteiger partial charge in [-0.05, 0) is 50.0 Å². The summed E-state index contributed by atoms with van der Waals surface area (Å²) in [5.74, 6) is -0.997. The Kier molecular flexibility index (Phi) is 5.93. The number of carbonyl (C=O) groups excluding carboxylic acids is 2. The van der Waals surface area contributed by atoms with Crippen LogP contribution in [0.4, 0.5) is 5.69 Å². The van der Waals surface area contributed by atoms with Gasteiger partial charge >= 0.3 is 5.97 Å². The molecule has 1 heterocycles. The second-order valence-corrected chi connectivity index (χ2v) is 9.94. The number of carbonyl (C=O) groups is 2. The normalized spacial score (nSPS) is 23.5. The summed E-state index contributed by atoms with van der Waals surface area (Å²) >= 11 is 0. The summed E-state index contributed by atoms with van der Waals surface area (Å²) in [5, 5.41) is 14.5. The van der Waals surface area contributed by atoms with Crippen LogP contribution in [0.25, 0.3) is 0 Å². The number of dihydropyridines is 1. The van der Waals surface area contributed by atoms with Gasteiger partial charge in [-0.2, -0.15) is 0 Å². The molecule has 1 atom stereocenters. The van der Waals surface area contributed by atoms with Crippen LogP contribution < -0.4 is 5.32 Å². The molecule has 1 N–H and O–H groups in total. The van der Waals surface area contributed by atoms with Crippen LogP contribution in [0.3, 0.4) is 0 Å². The molecule has 3 aliphatic rings. The highest BCUT2D eigenvalue weighted by molar-refractivity contribution is 6.04. The predicted octanol–water partition coefficient (Wildman–Crippen LogP) is 5.07. The number of nitro benzene ring substituents is 1. The summed E-state index contributed by atoms with van der Waals surface area (Å²) in [5.41, 5.74) is 3.01. The summed E-state index contributed by atoms with van der Waals surface area (Å²) in [6.45, 7) is 5.96. The van der Waals surface area contributed by atoms with Crippen molar-refractivity contribution in [1.29, 1.82) is 0 Å². The maximum atomic E-state index is 13.4. The van der Waals surface area contributed by atoms with Gasteiger partial charge in [0.15, 0.2) is 5.78 Å². The lowest BCUT2D eigenvalue weighted by molar-refractivity contribution is -0.384. The average molecular weight is 439 g/mol. The Morgan fingerprint density at radius 3 is 2.41 bits per heavy atom. The van der Waals surface area contributed by atoms with Crippen LogP contribution in [0.5, 0.6) is 0 Å². The van der Waals surface area contributed by atoms with Crippen LogP contribution in [-0.4, -0.2) is 22.8 Å². The molecule has 0 saturated heterocycles. The standard InChI is InChI=1S/C25H30N2O5/c1-15-21(24(29)32-18-7-5-4-6-8-18)22(16-9-11-17(12-10-16)27(30)31)23-19(26-15)13-25(2,3)14-20(23)28/h9-12,18,22,26H,4-8,13-14H2,1-3H3. The van der Waals surface area contributed by atoms with E-state index in [1.807, 2.05) is 6.92 Å². The van der Waals surface area contributed by atoms with Crippen molar-refractivity contribution in [2.24, 2.45) is 5.41 Å². The molecule has 0 aromatic heterocycles. The first-order valence-corrected chi connectivity index (χ1v) is 11.4. The van der Waals surface area contributed by atoms with Crippen molar-refractivity contribution in [2.45, 2.75) is 77.7 Å². The molecular weight excluding hydrogens is 408 g/mol. The number of esters is 1. The molecule has 1 unspecified atom stereocenters. The minimum absolute atomic E-state index is 0.00238. The van der Waals surface area contributed by atoms with Crippen LogP contribution in [-0.2, 0) is 14.3 Å². The van der Waals surface area contributed by atoms with Crippen LogP contribution in [0, 0.1) is 15.5 Å². The van der Waals surface area contributed by atoms with Crippen LogP contribution >= 0.6 is 0 Å². The highest BCUT2D eigenvalue weighted by atomic mass is 16.6. The van der Waals surface area contributed by atoms with Crippen molar-refractivity contribution in [2.75, 3.05) is 0 Å². The molecule has 0 bridgehead atoms. The minimum Gasteiger partial charge on any atom is -0.459 e. The van der Waals surface area contributed by atoms with Gasteiger partial charge in [0, 0.05) is 41.4 Å². The van der Waals surface area contributed by atoms with Crippen LogP contribution in [0.2, 0.25) is 0 Å². The van der Waals surface area contributed by atoms with E-state index in [9.17, 15) is 19.7 Å². The molecule has 32 heavy (non-hydrogen) atoms. The van der Waals surface area contributed by atoms with Gasteiger partial charge in [0.25, 0.3) is 5.69 Å². The average Bonchev–Trinajstić information content (AvgIpc) is 2.72. The fourth-order valence-electron chi connectivity index (χ4n) is 5.23. The van der Waals surface area contributed by atoms with E-state index in [0.717, 1.165) is 37.8 Å². The Balaban J connectivity index is 1.76. The number of hydrogen-bond donors (Lipinski definition) is 1. The van der Waals surface area contributed by atoms with Gasteiger partial charge in [0.2, 0.25) is 0 Å². The maximum absolute atomic E-state index is 13.4. The topological polar surface area (TPSA) is 98.5 Å². The molecule has 1 aromatic carbocycles. The van der Waals surface area contributed by atoms with E-state index >= 15 is 0 Å². The molecule has 2 aliphatic carbocycles. The number of hydrogen-bond acceptors (Lipinski definition) is 6. The molecule has 1 fully saturated rings. The van der Waals surface area contributed by atoms with E-state index in [1.165, 1.54) is 12.1 Å². The zero-order chi connectivity index (χ0) is 23.0. The van der Waals surface area contributed by atoms with Gasteiger partial charge in [-0.1, -0.05) is 32.4 Å². The van der Waals surface area contributed by atoms with Gasteiger partial charge in [-0.3, -0.25) is 14.9 Å². The molecular formula is C25H30N2O5. The van der Waals surface area contributed by atoms with Crippen molar-refractivity contribution in [1.82, 2.24) is 5.32 Å². The minimum atomic E-state index is -0.591. The highest BCUT2D eigenvalue weighted by Gasteiger charge is 2.43. The Labute approximate surface area is 188 Å². The third-order valence-corrected chi connectivity index (χ3v) is 6.72. The van der Waals surface area contributed by atoms with Crippen molar-refractivity contribution in [3.8, 4) is 0 Å². The summed E-state index contributed by atoms with van der Waals surface area (Å²) in [6, 6.07) is 6.14. The van der Waals surface area contributed by atoms with Gasteiger partial charge in [-0.15, -0.1) is 0 Å². The van der Waals surface area contributed by atoms with Crippen molar-refractivity contribution in [3.63, 3.8) is 0 Å². The maximum Gasteiger partial charge on any atom is 0.337 e. The number of non-ortho nitro benzene ring substituents is 1. The van der Waals surface area contributed by atoms with E-state index in [4.69, 9.17) is 4.74 Å². The first kappa shape index (κ1) is 22.2. The lowest BCUT2D eigenvalue weighted by Crippen LogP contribution is -2.39. The zero-order valence-electron chi connectivity index (χ0n) is 18.9. The van der Waals surface area contributed by atoms with Crippen molar-refractivity contribution >= 4 is 17.4 Å². The van der Waals surface area contributed by atoms with Gasteiger partial charge in [0.05, 0.1) is 10.5 Å². The lowest BCUT2D eigenvalue weighted by atomic mass is 9.68. The highest BCUT2D eigenvalue weighted by Crippen LogP contribution is 2.47. The number of ketones is 1. The van der Waals surface area contributed by atoms with Crippen molar-refractivity contribution < 1.29 is 19.2 Å². The number of allylic oxidation sites excluding steroid dienone is 3. The van der Waals surface area contributed by atoms with Gasteiger partial charge < -0.3 is 10.1 Å².